The van der Waals surface area contributed by atoms with Crippen LogP contribution in [0.4, 0.5) is 0 Å². The predicted molar refractivity (Wildman–Crippen MR) is 145 cm³/mol. The molecule has 0 fully saturated rings. The highest BCUT2D eigenvalue weighted by Crippen LogP contribution is 2.28. The maximum atomic E-state index is 13.6. The lowest BCUT2D eigenvalue weighted by molar-refractivity contribution is -0.132. The maximum Gasteiger partial charge on any atom is 0.243 e. The fraction of sp³-hybridized carbons (Fsp3) is 0.370. The molecule has 1 amide bonds. The van der Waals surface area contributed by atoms with Crippen molar-refractivity contribution in [2.75, 3.05) is 47.6 Å². The predicted octanol–water partition coefficient (Wildman–Crippen LogP) is 3.98. The summed E-state index contributed by atoms with van der Waals surface area (Å²) in [6, 6.07) is 17.8. The van der Waals surface area contributed by atoms with Crippen molar-refractivity contribution in [3.05, 3.63) is 76.0 Å². The van der Waals surface area contributed by atoms with Crippen molar-refractivity contribution in [1.82, 2.24) is 9.21 Å². The Labute approximate surface area is 223 Å². The minimum absolute atomic E-state index is 0.0705. The Bertz CT molecular complexity index is 1260. The van der Waals surface area contributed by atoms with Crippen LogP contribution in [0.25, 0.3) is 0 Å². The highest BCUT2D eigenvalue weighted by molar-refractivity contribution is 7.89. The van der Waals surface area contributed by atoms with Crippen LogP contribution in [-0.2, 0) is 32.5 Å². The van der Waals surface area contributed by atoms with Gasteiger partial charge in [0.15, 0.2) is 11.5 Å². The van der Waals surface area contributed by atoms with Crippen LogP contribution in [0.2, 0.25) is 0 Å². The third kappa shape index (κ3) is 7.78. The Balaban J connectivity index is 1.83. The molecular formula is C27H34N2O6S2. The first-order chi connectivity index (χ1) is 17.8. The molecule has 3 aromatic rings. The van der Waals surface area contributed by atoms with Gasteiger partial charge in [-0.3, -0.25) is 4.79 Å². The van der Waals surface area contributed by atoms with Crippen LogP contribution in [-0.4, -0.2) is 71.1 Å². The molecule has 0 N–H and O–H groups in total. The fourth-order valence-corrected chi connectivity index (χ4v) is 6.12. The summed E-state index contributed by atoms with van der Waals surface area (Å²) in [5.74, 6) is 0.974. The van der Waals surface area contributed by atoms with E-state index in [4.69, 9.17) is 14.2 Å². The zero-order chi connectivity index (χ0) is 26.8. The molecule has 200 valence electrons. The average molecular weight is 547 g/mol. The van der Waals surface area contributed by atoms with E-state index in [1.54, 1.807) is 48.7 Å². The topological polar surface area (TPSA) is 85.4 Å². The van der Waals surface area contributed by atoms with Crippen LogP contribution < -0.4 is 9.47 Å². The van der Waals surface area contributed by atoms with E-state index in [1.807, 2.05) is 37.3 Å². The molecule has 0 atom stereocenters. The Morgan fingerprint density at radius 2 is 1.65 bits per heavy atom. The molecule has 0 bridgehead atoms. The monoisotopic (exact) mass is 546 g/mol. The first-order valence-corrected chi connectivity index (χ1v) is 14.1. The first kappa shape index (κ1) is 28.6. The van der Waals surface area contributed by atoms with E-state index < -0.39 is 10.0 Å². The largest absolute Gasteiger partial charge is 0.493 e. The highest BCUT2D eigenvalue weighted by Gasteiger charge is 2.28. The molecule has 8 nitrogen and oxygen atoms in total. The van der Waals surface area contributed by atoms with Crippen molar-refractivity contribution in [3.63, 3.8) is 0 Å². The summed E-state index contributed by atoms with van der Waals surface area (Å²) in [6.07, 6.45) is 0.569. The molecular weight excluding hydrogens is 512 g/mol. The van der Waals surface area contributed by atoms with E-state index in [0.717, 1.165) is 15.3 Å². The molecule has 0 aliphatic heterocycles. The number of carbonyl (C=O) groups excluding carboxylic acids is 1. The van der Waals surface area contributed by atoms with Crippen molar-refractivity contribution in [3.8, 4) is 11.5 Å². The zero-order valence-corrected chi connectivity index (χ0v) is 23.3. The smallest absolute Gasteiger partial charge is 0.243 e. The van der Waals surface area contributed by atoms with E-state index in [9.17, 15) is 13.2 Å². The summed E-state index contributed by atoms with van der Waals surface area (Å²) in [4.78, 5) is 17.6. The van der Waals surface area contributed by atoms with Crippen molar-refractivity contribution in [2.24, 2.45) is 0 Å². The Kier molecular flexibility index (Phi) is 10.5. The number of rotatable bonds is 14. The molecule has 1 aromatic heterocycles. The number of sulfonamides is 1. The van der Waals surface area contributed by atoms with Crippen LogP contribution >= 0.6 is 11.3 Å². The molecule has 37 heavy (non-hydrogen) atoms. The van der Waals surface area contributed by atoms with Crippen molar-refractivity contribution in [2.45, 2.75) is 24.8 Å². The quantitative estimate of drug-likeness (QED) is 0.304. The molecule has 0 saturated carbocycles. The van der Waals surface area contributed by atoms with Crippen molar-refractivity contribution in [1.29, 1.82) is 0 Å². The van der Waals surface area contributed by atoms with E-state index in [2.05, 4.69) is 0 Å². The zero-order valence-electron chi connectivity index (χ0n) is 21.7. The molecule has 0 unspecified atom stereocenters. The summed E-state index contributed by atoms with van der Waals surface area (Å²) in [7, 11) is 0.792. The van der Waals surface area contributed by atoms with Gasteiger partial charge in [-0.25, -0.2) is 8.42 Å². The molecule has 10 heteroatoms. The van der Waals surface area contributed by atoms with E-state index in [0.29, 0.717) is 31.0 Å². The van der Waals surface area contributed by atoms with Gasteiger partial charge in [0.25, 0.3) is 0 Å². The molecule has 3 rings (SSSR count). The van der Waals surface area contributed by atoms with Gasteiger partial charge in [0, 0.05) is 30.0 Å². The Hall–Kier alpha value is -2.92. The summed E-state index contributed by atoms with van der Waals surface area (Å²) < 4.78 is 43.7. The van der Waals surface area contributed by atoms with Gasteiger partial charge in [-0.05, 0) is 55.3 Å². The third-order valence-electron chi connectivity index (χ3n) is 5.85. The lowest BCUT2D eigenvalue weighted by atomic mass is 10.1. The SMILES string of the molecule is COCCN(CC(=O)N(CCc1ccc(OC)c(OC)c1)Cc1ccc(C)s1)S(=O)(=O)c1ccccc1. The number of carbonyl (C=O) groups is 1. The molecule has 1 heterocycles. The number of hydrogen-bond donors (Lipinski definition) is 0. The summed E-state index contributed by atoms with van der Waals surface area (Å²) in [6.45, 7) is 2.79. The van der Waals surface area contributed by atoms with Crippen molar-refractivity contribution < 1.29 is 27.4 Å². The molecule has 0 radical (unpaired) electrons. The second-order valence-electron chi connectivity index (χ2n) is 8.41. The normalized spacial score (nSPS) is 11.5. The van der Waals surface area contributed by atoms with E-state index in [1.165, 1.54) is 23.5 Å². The summed E-state index contributed by atoms with van der Waals surface area (Å²) in [5, 5.41) is 0. The van der Waals surface area contributed by atoms with Crippen molar-refractivity contribution >= 4 is 27.3 Å². The third-order valence-corrected chi connectivity index (χ3v) is 8.70. The molecule has 0 spiro atoms. The van der Waals surface area contributed by atoms with E-state index in [-0.39, 0.29) is 30.5 Å². The number of hydrogen-bond acceptors (Lipinski definition) is 7. The second kappa shape index (κ2) is 13.6. The van der Waals surface area contributed by atoms with Gasteiger partial charge in [0.2, 0.25) is 15.9 Å². The van der Waals surface area contributed by atoms with E-state index >= 15 is 0 Å². The summed E-state index contributed by atoms with van der Waals surface area (Å²) in [5.41, 5.74) is 0.978. The first-order valence-electron chi connectivity index (χ1n) is 11.9. The highest BCUT2D eigenvalue weighted by atomic mass is 32.2. The standard InChI is InChI=1S/C27H34N2O6S2/c1-21-10-12-23(36-21)19-28(15-14-22-11-13-25(34-3)26(18-22)35-4)27(30)20-29(16-17-33-2)37(31,32)24-8-6-5-7-9-24/h5-13,18H,14-17,19-20H2,1-4H3. The Morgan fingerprint density at radius 3 is 2.27 bits per heavy atom. The van der Waals surface area contributed by atoms with Crippen LogP contribution in [0.3, 0.4) is 0 Å². The molecule has 2 aromatic carbocycles. The minimum Gasteiger partial charge on any atom is -0.493 e. The van der Waals surface area contributed by atoms with Gasteiger partial charge < -0.3 is 19.1 Å². The van der Waals surface area contributed by atoms with Crippen LogP contribution in [0.1, 0.15) is 15.3 Å². The van der Waals surface area contributed by atoms with Gasteiger partial charge >= 0.3 is 0 Å². The minimum atomic E-state index is -3.88. The van der Waals surface area contributed by atoms with Crippen LogP contribution in [0.15, 0.2) is 65.6 Å². The number of methoxy groups -OCH3 is 3. The Morgan fingerprint density at radius 1 is 0.919 bits per heavy atom. The van der Waals surface area contributed by atoms with Crippen LogP contribution in [0, 0.1) is 6.92 Å². The molecule has 0 saturated heterocycles. The van der Waals surface area contributed by atoms with Gasteiger partial charge in [-0.15, -0.1) is 11.3 Å². The molecule has 0 aliphatic rings. The number of amides is 1. The molecule has 0 aliphatic carbocycles. The van der Waals surface area contributed by atoms with Gasteiger partial charge in [0.1, 0.15) is 0 Å². The maximum absolute atomic E-state index is 13.6. The lowest BCUT2D eigenvalue weighted by Crippen LogP contribution is -2.44. The number of aryl methyl sites for hydroxylation is 1. The van der Waals surface area contributed by atoms with Crippen LogP contribution in [0.5, 0.6) is 11.5 Å². The fourth-order valence-electron chi connectivity index (χ4n) is 3.82. The van der Waals surface area contributed by atoms with Gasteiger partial charge in [-0.2, -0.15) is 4.31 Å². The second-order valence-corrected chi connectivity index (χ2v) is 11.7. The van der Waals surface area contributed by atoms with Gasteiger partial charge in [0.05, 0.1) is 38.8 Å². The van der Waals surface area contributed by atoms with Gasteiger partial charge in [-0.1, -0.05) is 24.3 Å². The lowest BCUT2D eigenvalue weighted by Gasteiger charge is -2.27. The average Bonchev–Trinajstić information content (AvgIpc) is 3.33. The summed E-state index contributed by atoms with van der Waals surface area (Å²) >= 11 is 1.62. The number of nitrogens with zero attached hydrogens (tertiary/aromatic N) is 2. The number of benzene rings is 2. The number of thiophene rings is 1. The number of ether oxygens (including phenoxy) is 3.